The summed E-state index contributed by atoms with van der Waals surface area (Å²) >= 11 is 0.125. The van der Waals surface area contributed by atoms with Gasteiger partial charge in [0, 0.05) is 0 Å². The number of rotatable bonds is 1. The van der Waals surface area contributed by atoms with E-state index in [0.717, 1.165) is 6.42 Å². The van der Waals surface area contributed by atoms with Gasteiger partial charge in [-0.25, -0.2) is 0 Å². The van der Waals surface area contributed by atoms with Crippen LogP contribution in [-0.2, 0) is 21.8 Å². The van der Waals surface area contributed by atoms with Crippen molar-refractivity contribution < 1.29 is 21.8 Å². The molecule has 0 aromatic carbocycles. The van der Waals surface area contributed by atoms with Crippen LogP contribution in [0.1, 0.15) is 19.8 Å². The second-order valence-corrected chi connectivity index (χ2v) is 0.854. The van der Waals surface area contributed by atoms with Crippen molar-refractivity contribution in [1.82, 2.24) is 0 Å². The molecule has 0 atom stereocenters. The summed E-state index contributed by atoms with van der Waals surface area (Å²) in [5, 5.41) is 0. The molecule has 0 heterocycles. The summed E-state index contributed by atoms with van der Waals surface area (Å²) in [5.74, 6) is 0. The van der Waals surface area contributed by atoms with Crippen LogP contribution >= 0.6 is 0 Å². The normalized spacial score (nSPS) is 6.00. The Balaban J connectivity index is 0. The van der Waals surface area contributed by atoms with E-state index in [4.69, 9.17) is 3.57 Å². The van der Waals surface area contributed by atoms with Gasteiger partial charge in [-0.2, -0.15) is 6.42 Å². The summed E-state index contributed by atoms with van der Waals surface area (Å²) in [6.45, 7) is 5.72. The molecule has 0 N–H and O–H groups in total. The van der Waals surface area contributed by atoms with E-state index < -0.39 is 0 Å². The Morgan fingerprint density at radius 3 is 1.83 bits per heavy atom. The number of hydrogen-bond donors (Lipinski definition) is 0. The summed E-state index contributed by atoms with van der Waals surface area (Å²) in [5.41, 5.74) is 0. The molecule has 0 spiro atoms. The minimum atomic E-state index is 0.125. The third kappa shape index (κ3) is 25.6. The van der Waals surface area contributed by atoms with Gasteiger partial charge < -0.3 is 6.92 Å². The quantitative estimate of drug-likeness (QED) is 0.396. The van der Waals surface area contributed by atoms with Gasteiger partial charge in [-0.3, -0.25) is 0 Å². The SMILES string of the molecule is [CH2-]CCC.[O]=[Zn]. The van der Waals surface area contributed by atoms with Crippen molar-refractivity contribution in [3.05, 3.63) is 6.92 Å². The molecule has 1 nitrogen and oxygen atoms in total. The molecule has 0 unspecified atom stereocenters. The maximum absolute atomic E-state index is 8.38. The first-order valence-corrected chi connectivity index (χ1v) is 3.21. The Hall–Kier alpha value is 0.423. The Kier molecular flexibility index (Phi) is 29.1. The molecule has 0 aliphatic carbocycles. The molecule has 0 aromatic rings. The Morgan fingerprint density at radius 1 is 1.67 bits per heavy atom. The van der Waals surface area contributed by atoms with Gasteiger partial charge in [-0.05, 0) is 0 Å². The fourth-order valence-electron chi connectivity index (χ4n) is 0. The third-order valence-electron chi connectivity index (χ3n) is 0.354. The van der Waals surface area contributed by atoms with Gasteiger partial charge in [-0.1, -0.05) is 13.3 Å². The van der Waals surface area contributed by atoms with Crippen molar-refractivity contribution in [1.29, 1.82) is 0 Å². The molecule has 34 valence electrons. The molecule has 0 rings (SSSR count). The van der Waals surface area contributed by atoms with Crippen molar-refractivity contribution in [3.63, 3.8) is 0 Å². The molecule has 0 saturated heterocycles. The van der Waals surface area contributed by atoms with Gasteiger partial charge in [0.05, 0.1) is 0 Å². The molecule has 2 heteroatoms. The van der Waals surface area contributed by atoms with Crippen LogP contribution in [0.2, 0.25) is 0 Å². The van der Waals surface area contributed by atoms with Crippen molar-refractivity contribution in [2.24, 2.45) is 0 Å². The standard InChI is InChI=1S/C4H9.O.Zn/c1-3-4-2;;/h1,3-4H2,2H3;;/q-1;;. The monoisotopic (exact) mass is 137 g/mol. The van der Waals surface area contributed by atoms with Crippen LogP contribution in [0.15, 0.2) is 0 Å². The van der Waals surface area contributed by atoms with Gasteiger partial charge in [0.15, 0.2) is 0 Å². The van der Waals surface area contributed by atoms with Crippen LogP contribution in [0.3, 0.4) is 0 Å². The van der Waals surface area contributed by atoms with Gasteiger partial charge in [-0.15, -0.1) is 0 Å². The summed E-state index contributed by atoms with van der Waals surface area (Å²) < 4.78 is 8.38. The zero-order valence-electron chi connectivity index (χ0n) is 4.24. The number of unbranched alkanes of at least 4 members (excludes halogenated alkanes) is 1. The van der Waals surface area contributed by atoms with Crippen LogP contribution in [0.5, 0.6) is 0 Å². The molecule has 0 amide bonds. The summed E-state index contributed by atoms with van der Waals surface area (Å²) in [6, 6.07) is 0. The van der Waals surface area contributed by atoms with E-state index >= 15 is 0 Å². The predicted octanol–water partition coefficient (Wildman–Crippen LogP) is 1.50. The van der Waals surface area contributed by atoms with E-state index in [9.17, 15) is 0 Å². The Morgan fingerprint density at radius 2 is 1.83 bits per heavy atom. The van der Waals surface area contributed by atoms with Crippen LogP contribution in [0.25, 0.3) is 0 Å². The van der Waals surface area contributed by atoms with Crippen molar-refractivity contribution in [2.45, 2.75) is 19.8 Å². The van der Waals surface area contributed by atoms with Crippen LogP contribution in [-0.4, -0.2) is 0 Å². The van der Waals surface area contributed by atoms with Crippen molar-refractivity contribution in [2.75, 3.05) is 0 Å². The second-order valence-electron chi connectivity index (χ2n) is 0.854. The third-order valence-corrected chi connectivity index (χ3v) is 0.354. The maximum atomic E-state index is 8.38. The van der Waals surface area contributed by atoms with E-state index in [1.807, 2.05) is 0 Å². The van der Waals surface area contributed by atoms with Gasteiger partial charge in [0.25, 0.3) is 0 Å². The van der Waals surface area contributed by atoms with E-state index in [0.29, 0.717) is 0 Å². The molecule has 0 bridgehead atoms. The summed E-state index contributed by atoms with van der Waals surface area (Å²) in [4.78, 5) is 0. The van der Waals surface area contributed by atoms with E-state index in [-0.39, 0.29) is 18.3 Å². The van der Waals surface area contributed by atoms with E-state index in [1.165, 1.54) is 6.42 Å². The molecule has 0 aromatic heterocycles. The van der Waals surface area contributed by atoms with Gasteiger partial charge >= 0.3 is 21.8 Å². The fourth-order valence-corrected chi connectivity index (χ4v) is 0. The zero-order valence-corrected chi connectivity index (χ0v) is 7.20. The molecule has 0 radical (unpaired) electrons. The zero-order chi connectivity index (χ0) is 5.41. The molecular weight excluding hydrogens is 129 g/mol. The van der Waals surface area contributed by atoms with Crippen LogP contribution in [0, 0.1) is 6.92 Å². The van der Waals surface area contributed by atoms with Gasteiger partial charge in [0.1, 0.15) is 0 Å². The first-order chi connectivity index (χ1) is 2.91. The summed E-state index contributed by atoms with van der Waals surface area (Å²) in [7, 11) is 0. The number of hydrogen-bond acceptors (Lipinski definition) is 1. The molecular formula is C4H9OZn-. The van der Waals surface area contributed by atoms with E-state index in [2.05, 4.69) is 13.8 Å². The minimum absolute atomic E-state index is 0.125. The predicted molar refractivity (Wildman–Crippen MR) is 21.0 cm³/mol. The molecule has 0 aliphatic rings. The van der Waals surface area contributed by atoms with Crippen LogP contribution < -0.4 is 0 Å². The molecule has 0 fully saturated rings. The fraction of sp³-hybridized carbons (Fsp3) is 0.750. The average molecular weight is 139 g/mol. The summed E-state index contributed by atoms with van der Waals surface area (Å²) in [6.07, 6.45) is 2.28. The first kappa shape index (κ1) is 9.66. The second kappa shape index (κ2) is 18.1. The Bertz CT molecular complexity index is 15.0. The van der Waals surface area contributed by atoms with Crippen molar-refractivity contribution >= 4 is 0 Å². The topological polar surface area (TPSA) is 17.1 Å². The molecule has 0 saturated carbocycles. The molecule has 6 heavy (non-hydrogen) atoms. The first-order valence-electron chi connectivity index (χ1n) is 2.00. The molecule has 0 aliphatic heterocycles. The average Bonchev–Trinajstić information content (AvgIpc) is 1.72. The van der Waals surface area contributed by atoms with E-state index in [1.54, 1.807) is 0 Å². The van der Waals surface area contributed by atoms with Crippen LogP contribution in [0.4, 0.5) is 0 Å². The van der Waals surface area contributed by atoms with Gasteiger partial charge in [0.2, 0.25) is 0 Å². The Labute approximate surface area is 49.1 Å². The van der Waals surface area contributed by atoms with Crippen molar-refractivity contribution in [3.8, 4) is 0 Å².